The molecule has 0 bridgehead atoms. The summed E-state index contributed by atoms with van der Waals surface area (Å²) < 4.78 is 9.41. The van der Waals surface area contributed by atoms with Gasteiger partial charge in [0.1, 0.15) is 5.82 Å². The van der Waals surface area contributed by atoms with Gasteiger partial charge in [0.25, 0.3) is 0 Å². The van der Waals surface area contributed by atoms with Crippen LogP contribution in [0.4, 0.5) is 0 Å². The molecule has 3 heterocycles. The number of fused-ring (bicyclic) bond motifs is 1. The summed E-state index contributed by atoms with van der Waals surface area (Å²) in [5.74, 6) is 0.628. The summed E-state index contributed by atoms with van der Waals surface area (Å²) in [5, 5.41) is 0.640. The molecule has 0 N–H and O–H groups in total. The Kier molecular flexibility index (Phi) is 4.99. The smallest absolute Gasteiger partial charge is 0.366 e. The van der Waals surface area contributed by atoms with Crippen LogP contribution in [0.15, 0.2) is 33.9 Å². The summed E-state index contributed by atoms with van der Waals surface area (Å²) in [5.41, 5.74) is 0.476. The molecule has 0 saturated carbocycles. The average Bonchev–Trinajstić information content (AvgIpc) is 3.02. The third kappa shape index (κ3) is 3.33. The number of imidazole rings is 1. The third-order valence-electron chi connectivity index (χ3n) is 4.92. The summed E-state index contributed by atoms with van der Waals surface area (Å²) in [7, 11) is 1.57. The van der Waals surface area contributed by atoms with E-state index in [-0.39, 0.29) is 0 Å². The van der Waals surface area contributed by atoms with Crippen LogP contribution in [0.3, 0.4) is 0 Å². The summed E-state index contributed by atoms with van der Waals surface area (Å²) in [6, 6.07) is 7.37. The van der Waals surface area contributed by atoms with Gasteiger partial charge in [-0.1, -0.05) is 28.5 Å². The van der Waals surface area contributed by atoms with Crippen molar-refractivity contribution in [2.24, 2.45) is 7.05 Å². The molecule has 28 heavy (non-hydrogen) atoms. The predicted octanol–water partition coefficient (Wildman–Crippen LogP) is 1.86. The molecule has 1 aliphatic heterocycles. The Morgan fingerprint density at radius 1 is 1.25 bits per heavy atom. The Bertz CT molecular complexity index is 1120. The van der Waals surface area contributed by atoms with Crippen molar-refractivity contribution >= 4 is 22.8 Å². The summed E-state index contributed by atoms with van der Waals surface area (Å²) in [6.07, 6.45) is 1.90. The number of ether oxygens (including phenoxy) is 1. The zero-order valence-corrected chi connectivity index (χ0v) is 16.5. The lowest BCUT2D eigenvalue weighted by molar-refractivity contribution is -0.169. The van der Waals surface area contributed by atoms with Crippen molar-refractivity contribution in [2.75, 3.05) is 6.61 Å². The maximum atomic E-state index is 13.1. The van der Waals surface area contributed by atoms with Gasteiger partial charge < -0.3 is 14.1 Å². The van der Waals surface area contributed by atoms with Crippen molar-refractivity contribution in [3.63, 3.8) is 0 Å². The van der Waals surface area contributed by atoms with E-state index in [0.717, 1.165) is 23.1 Å². The van der Waals surface area contributed by atoms with Crippen molar-refractivity contribution < 1.29 is 9.57 Å². The van der Waals surface area contributed by atoms with Gasteiger partial charge >= 0.3 is 11.2 Å². The molecule has 1 unspecified atom stereocenters. The number of hydrogen-bond donors (Lipinski definition) is 0. The van der Waals surface area contributed by atoms with Gasteiger partial charge in [0, 0.05) is 25.0 Å². The number of nitrogens with zero attached hydrogens (tertiary/aromatic N) is 4. The molecule has 0 aliphatic carbocycles. The molecule has 3 aromatic rings. The molecule has 2 aromatic heterocycles. The fraction of sp³-hybridized carbons (Fsp3) is 0.421. The van der Waals surface area contributed by atoms with Crippen LogP contribution in [-0.4, -0.2) is 31.7 Å². The van der Waals surface area contributed by atoms with Crippen LogP contribution in [-0.2, 0) is 18.3 Å². The SMILES string of the molecule is Cc1nc2c(c(=O)n(OC3CCCCO3)c(=O)n2C)n1Cc1ccc(Cl)cc1. The fourth-order valence-electron chi connectivity index (χ4n) is 3.37. The van der Waals surface area contributed by atoms with E-state index in [1.165, 1.54) is 4.57 Å². The van der Waals surface area contributed by atoms with E-state index in [0.29, 0.717) is 41.6 Å². The molecule has 8 nitrogen and oxygen atoms in total. The Labute approximate surface area is 165 Å². The van der Waals surface area contributed by atoms with Crippen molar-refractivity contribution in [3.8, 4) is 0 Å². The van der Waals surface area contributed by atoms with Crippen LogP contribution < -0.4 is 16.1 Å². The van der Waals surface area contributed by atoms with Crippen LogP contribution in [0.25, 0.3) is 11.2 Å². The lowest BCUT2D eigenvalue weighted by Crippen LogP contribution is -2.47. The zero-order chi connectivity index (χ0) is 19.8. The first-order valence-corrected chi connectivity index (χ1v) is 9.55. The minimum Gasteiger partial charge on any atom is -0.374 e. The van der Waals surface area contributed by atoms with Gasteiger partial charge in [-0.25, -0.2) is 9.78 Å². The van der Waals surface area contributed by atoms with Gasteiger partial charge in [-0.3, -0.25) is 9.36 Å². The third-order valence-corrected chi connectivity index (χ3v) is 5.17. The number of halogens is 1. The first-order chi connectivity index (χ1) is 13.5. The second-order valence-corrected chi connectivity index (χ2v) is 7.32. The maximum absolute atomic E-state index is 13.1. The van der Waals surface area contributed by atoms with Crippen molar-refractivity contribution in [3.05, 3.63) is 61.5 Å². The second kappa shape index (κ2) is 7.44. The quantitative estimate of drug-likeness (QED) is 0.663. The first-order valence-electron chi connectivity index (χ1n) is 9.18. The minimum absolute atomic E-state index is 0.311. The van der Waals surface area contributed by atoms with Crippen LogP contribution in [0.5, 0.6) is 0 Å². The highest BCUT2D eigenvalue weighted by Gasteiger charge is 2.23. The molecule has 4 rings (SSSR count). The number of hydrogen-bond acceptors (Lipinski definition) is 5. The molecule has 1 aromatic carbocycles. The molecule has 1 atom stereocenters. The zero-order valence-electron chi connectivity index (χ0n) is 15.7. The van der Waals surface area contributed by atoms with Gasteiger partial charge in [0.15, 0.2) is 11.2 Å². The van der Waals surface area contributed by atoms with Crippen LogP contribution in [0.2, 0.25) is 5.02 Å². The predicted molar refractivity (Wildman–Crippen MR) is 105 cm³/mol. The van der Waals surface area contributed by atoms with Gasteiger partial charge in [-0.2, -0.15) is 0 Å². The average molecular weight is 405 g/mol. The van der Waals surface area contributed by atoms with Crippen LogP contribution >= 0.6 is 11.6 Å². The lowest BCUT2D eigenvalue weighted by Gasteiger charge is -2.23. The second-order valence-electron chi connectivity index (χ2n) is 6.89. The Hall–Kier alpha value is -2.58. The van der Waals surface area contributed by atoms with E-state index in [4.69, 9.17) is 21.2 Å². The van der Waals surface area contributed by atoms with E-state index in [2.05, 4.69) is 4.98 Å². The molecule has 1 aliphatic rings. The summed E-state index contributed by atoms with van der Waals surface area (Å²) in [6.45, 7) is 2.78. The molecule has 0 spiro atoms. The fourth-order valence-corrected chi connectivity index (χ4v) is 3.50. The Balaban J connectivity index is 1.82. The highest BCUT2D eigenvalue weighted by atomic mass is 35.5. The van der Waals surface area contributed by atoms with Gasteiger partial charge in [-0.05, 0) is 37.5 Å². The number of aromatic nitrogens is 4. The topological polar surface area (TPSA) is 80.3 Å². The molecular weight excluding hydrogens is 384 g/mol. The van der Waals surface area contributed by atoms with Gasteiger partial charge in [-0.15, -0.1) is 0 Å². The van der Waals surface area contributed by atoms with E-state index in [9.17, 15) is 9.59 Å². The molecule has 9 heteroatoms. The van der Waals surface area contributed by atoms with Crippen molar-refractivity contribution in [2.45, 2.75) is 39.0 Å². The van der Waals surface area contributed by atoms with Crippen LogP contribution in [0, 0.1) is 6.92 Å². The van der Waals surface area contributed by atoms with E-state index >= 15 is 0 Å². The Morgan fingerprint density at radius 2 is 2.00 bits per heavy atom. The van der Waals surface area contributed by atoms with E-state index in [1.807, 2.05) is 12.1 Å². The largest absolute Gasteiger partial charge is 0.374 e. The molecule has 0 radical (unpaired) electrons. The molecule has 148 valence electrons. The van der Waals surface area contributed by atoms with Gasteiger partial charge in [0.05, 0.1) is 6.61 Å². The molecular formula is C19H21ClN4O4. The molecule has 0 amide bonds. The molecule has 1 saturated heterocycles. The maximum Gasteiger partial charge on any atom is 0.366 e. The summed E-state index contributed by atoms with van der Waals surface area (Å²) in [4.78, 5) is 35.9. The van der Waals surface area contributed by atoms with Crippen molar-refractivity contribution in [1.29, 1.82) is 0 Å². The monoisotopic (exact) mass is 404 g/mol. The van der Waals surface area contributed by atoms with Gasteiger partial charge in [0.2, 0.25) is 6.29 Å². The number of benzene rings is 1. The Morgan fingerprint density at radius 3 is 2.68 bits per heavy atom. The molecule has 1 fully saturated rings. The van der Waals surface area contributed by atoms with E-state index in [1.54, 1.807) is 30.7 Å². The highest BCUT2D eigenvalue weighted by Crippen LogP contribution is 2.16. The number of rotatable bonds is 4. The van der Waals surface area contributed by atoms with Crippen LogP contribution in [0.1, 0.15) is 30.7 Å². The summed E-state index contributed by atoms with van der Waals surface area (Å²) >= 11 is 5.96. The minimum atomic E-state index is -0.606. The van der Waals surface area contributed by atoms with Crippen molar-refractivity contribution in [1.82, 2.24) is 18.8 Å². The normalized spacial score (nSPS) is 17.2. The van der Waals surface area contributed by atoms with E-state index < -0.39 is 17.5 Å². The standard InChI is InChI=1S/C19H21ClN4O4/c1-12-21-17-16(23(12)11-13-6-8-14(20)9-7-13)18(25)24(19(26)22(17)2)28-15-5-3-4-10-27-15/h6-9,15H,3-5,10-11H2,1-2H3. The number of aryl methyl sites for hydroxylation is 2. The first kappa shape index (κ1) is 18.8. The lowest BCUT2D eigenvalue weighted by atomic mass is 10.2. The highest BCUT2D eigenvalue weighted by molar-refractivity contribution is 6.30.